The zero-order chi connectivity index (χ0) is 18.1. The van der Waals surface area contributed by atoms with Gasteiger partial charge in [-0.1, -0.05) is 38.2 Å². The van der Waals surface area contributed by atoms with Gasteiger partial charge in [0.25, 0.3) is 0 Å². The Hall–Kier alpha value is -1.58. The summed E-state index contributed by atoms with van der Waals surface area (Å²) in [7, 11) is 0. The van der Waals surface area contributed by atoms with E-state index < -0.39 is 5.41 Å². The Balaban J connectivity index is 1.64. The molecular weight excluding hydrogens is 312 g/mol. The third-order valence-corrected chi connectivity index (χ3v) is 5.49. The summed E-state index contributed by atoms with van der Waals surface area (Å²) in [5.74, 6) is 1.24. The molecule has 140 valence electrons. The summed E-state index contributed by atoms with van der Waals surface area (Å²) in [6, 6.07) is 0. The molecule has 0 heterocycles. The topological polar surface area (TPSA) is 58.2 Å². The van der Waals surface area contributed by atoms with Crippen LogP contribution in [0.5, 0.6) is 0 Å². The summed E-state index contributed by atoms with van der Waals surface area (Å²) in [4.78, 5) is 24.5. The van der Waals surface area contributed by atoms with Crippen LogP contribution in [0, 0.1) is 17.3 Å². The maximum absolute atomic E-state index is 12.5. The van der Waals surface area contributed by atoms with Gasteiger partial charge in [0, 0.05) is 24.9 Å². The highest BCUT2D eigenvalue weighted by Gasteiger charge is 2.28. The van der Waals surface area contributed by atoms with Crippen LogP contribution in [-0.2, 0) is 9.59 Å². The Morgan fingerprint density at radius 3 is 2.00 bits per heavy atom. The van der Waals surface area contributed by atoms with Crippen LogP contribution in [0.1, 0.15) is 65.2 Å². The summed E-state index contributed by atoms with van der Waals surface area (Å²) >= 11 is 0. The predicted molar refractivity (Wildman–Crippen MR) is 102 cm³/mol. The Bertz CT molecular complexity index is 508. The van der Waals surface area contributed by atoms with Gasteiger partial charge in [-0.05, 0) is 56.8 Å². The van der Waals surface area contributed by atoms with E-state index in [-0.39, 0.29) is 11.8 Å². The number of carbonyl (C=O) groups excluding carboxylic acids is 2. The first-order valence-electron chi connectivity index (χ1n) is 9.82. The molecule has 0 aromatic rings. The summed E-state index contributed by atoms with van der Waals surface area (Å²) in [5, 5.41) is 6.12. The second-order valence-electron chi connectivity index (χ2n) is 8.20. The van der Waals surface area contributed by atoms with Crippen LogP contribution in [0.25, 0.3) is 0 Å². The van der Waals surface area contributed by atoms with Crippen LogP contribution < -0.4 is 10.6 Å². The van der Waals surface area contributed by atoms with Crippen molar-refractivity contribution in [1.82, 2.24) is 10.6 Å². The van der Waals surface area contributed by atoms with Crippen LogP contribution in [-0.4, -0.2) is 24.9 Å². The van der Waals surface area contributed by atoms with Gasteiger partial charge in [0.1, 0.15) is 0 Å². The van der Waals surface area contributed by atoms with Crippen molar-refractivity contribution in [2.24, 2.45) is 17.3 Å². The first-order chi connectivity index (χ1) is 12.0. The maximum atomic E-state index is 12.5. The van der Waals surface area contributed by atoms with Crippen molar-refractivity contribution >= 4 is 11.8 Å². The van der Waals surface area contributed by atoms with E-state index in [1.165, 1.54) is 0 Å². The fraction of sp³-hybridized carbons (Fsp3) is 0.714. The molecule has 0 radical (unpaired) electrons. The molecule has 4 heteroatoms. The van der Waals surface area contributed by atoms with Gasteiger partial charge in [0.15, 0.2) is 0 Å². The third kappa shape index (κ3) is 7.05. The highest BCUT2D eigenvalue weighted by Crippen LogP contribution is 2.24. The number of carbonyl (C=O) groups is 2. The van der Waals surface area contributed by atoms with Crippen LogP contribution >= 0.6 is 0 Å². The number of nitrogens with one attached hydrogen (secondary N) is 2. The van der Waals surface area contributed by atoms with Gasteiger partial charge < -0.3 is 10.6 Å². The minimum Gasteiger partial charge on any atom is -0.356 e. The number of rotatable bonds is 8. The summed E-state index contributed by atoms with van der Waals surface area (Å²) in [6.07, 6.45) is 16.5. The predicted octanol–water partition coefficient (Wildman–Crippen LogP) is 3.74. The van der Waals surface area contributed by atoms with Gasteiger partial charge in [-0.25, -0.2) is 0 Å². The fourth-order valence-corrected chi connectivity index (χ4v) is 3.45. The van der Waals surface area contributed by atoms with Crippen LogP contribution in [0.2, 0.25) is 0 Å². The second-order valence-corrected chi connectivity index (χ2v) is 8.20. The number of allylic oxidation sites excluding steroid dienone is 4. The molecule has 0 aromatic heterocycles. The number of hydrogen-bond acceptors (Lipinski definition) is 2. The molecule has 0 aliphatic heterocycles. The van der Waals surface area contributed by atoms with Crippen LogP contribution in [0.3, 0.4) is 0 Å². The smallest absolute Gasteiger partial charge is 0.225 e. The molecule has 0 spiro atoms. The first-order valence-corrected chi connectivity index (χ1v) is 9.82. The van der Waals surface area contributed by atoms with Crippen LogP contribution in [0.4, 0.5) is 0 Å². The summed E-state index contributed by atoms with van der Waals surface area (Å²) in [5.41, 5.74) is -0.505. The van der Waals surface area contributed by atoms with Crippen molar-refractivity contribution in [3.8, 4) is 0 Å². The van der Waals surface area contributed by atoms with Crippen molar-refractivity contribution < 1.29 is 9.59 Å². The Labute approximate surface area is 152 Å². The highest BCUT2D eigenvalue weighted by atomic mass is 16.2. The van der Waals surface area contributed by atoms with E-state index in [4.69, 9.17) is 0 Å². The molecule has 2 N–H and O–H groups in total. The van der Waals surface area contributed by atoms with E-state index in [2.05, 4.69) is 34.9 Å². The van der Waals surface area contributed by atoms with Crippen molar-refractivity contribution in [1.29, 1.82) is 0 Å². The molecule has 0 aromatic carbocycles. The Morgan fingerprint density at radius 2 is 1.48 bits per heavy atom. The van der Waals surface area contributed by atoms with E-state index in [1.54, 1.807) is 0 Å². The summed E-state index contributed by atoms with van der Waals surface area (Å²) in [6.45, 7) is 5.36. The molecule has 0 bridgehead atoms. The highest BCUT2D eigenvalue weighted by molar-refractivity contribution is 5.83. The third-order valence-electron chi connectivity index (χ3n) is 5.49. The van der Waals surface area contributed by atoms with E-state index >= 15 is 0 Å². The van der Waals surface area contributed by atoms with E-state index in [0.717, 1.165) is 51.6 Å². The quantitative estimate of drug-likeness (QED) is 0.658. The Morgan fingerprint density at radius 1 is 0.920 bits per heavy atom. The number of amides is 2. The average Bonchev–Trinajstić information content (AvgIpc) is 2.64. The van der Waals surface area contributed by atoms with E-state index in [0.29, 0.717) is 24.7 Å². The average molecular weight is 347 g/mol. The van der Waals surface area contributed by atoms with Gasteiger partial charge in [-0.3, -0.25) is 9.59 Å². The minimum absolute atomic E-state index is 0.0623. The van der Waals surface area contributed by atoms with Crippen molar-refractivity contribution in [2.45, 2.75) is 65.2 Å². The molecule has 0 unspecified atom stereocenters. The molecule has 0 fully saturated rings. The largest absolute Gasteiger partial charge is 0.356 e. The van der Waals surface area contributed by atoms with E-state index in [1.807, 2.05) is 13.8 Å². The van der Waals surface area contributed by atoms with Gasteiger partial charge >= 0.3 is 0 Å². The molecule has 2 amide bonds. The van der Waals surface area contributed by atoms with E-state index in [9.17, 15) is 9.59 Å². The molecule has 2 aliphatic rings. The second kappa shape index (κ2) is 9.79. The number of hydrogen-bond donors (Lipinski definition) is 2. The van der Waals surface area contributed by atoms with Crippen molar-refractivity contribution in [3.05, 3.63) is 24.3 Å². The SMILES string of the molecule is CC(C)(CCC(=O)NC[C@H]1CC=CCC1)C(=O)NC[C@H]1CC=CCC1. The zero-order valence-corrected chi connectivity index (χ0v) is 15.9. The lowest BCUT2D eigenvalue weighted by Gasteiger charge is -2.26. The molecule has 2 atom stereocenters. The molecular formula is C21H34N2O2. The lowest BCUT2D eigenvalue weighted by atomic mass is 9.86. The van der Waals surface area contributed by atoms with Crippen LogP contribution in [0.15, 0.2) is 24.3 Å². The molecule has 25 heavy (non-hydrogen) atoms. The van der Waals surface area contributed by atoms with Gasteiger partial charge in [-0.15, -0.1) is 0 Å². The van der Waals surface area contributed by atoms with Crippen molar-refractivity contribution in [3.63, 3.8) is 0 Å². The minimum atomic E-state index is -0.505. The standard InChI is InChI=1S/C21H34N2O2/c1-21(2,20(25)23-16-18-11-7-4-8-12-18)14-13-19(24)22-15-17-9-5-3-6-10-17/h3-5,7,17-18H,6,8-16H2,1-2H3,(H,22,24)(H,23,25)/t17-,18-/m0/s1. The monoisotopic (exact) mass is 346 g/mol. The fourth-order valence-electron chi connectivity index (χ4n) is 3.45. The molecule has 4 nitrogen and oxygen atoms in total. The first kappa shape index (κ1) is 19.7. The zero-order valence-electron chi connectivity index (χ0n) is 15.9. The van der Waals surface area contributed by atoms with Gasteiger partial charge in [0.2, 0.25) is 11.8 Å². The molecule has 0 saturated carbocycles. The molecule has 2 aliphatic carbocycles. The molecule has 2 rings (SSSR count). The van der Waals surface area contributed by atoms with Gasteiger partial charge in [-0.2, -0.15) is 0 Å². The Kier molecular flexibility index (Phi) is 7.73. The summed E-state index contributed by atoms with van der Waals surface area (Å²) < 4.78 is 0. The lowest BCUT2D eigenvalue weighted by molar-refractivity contribution is -0.130. The van der Waals surface area contributed by atoms with Gasteiger partial charge in [0.05, 0.1) is 0 Å². The van der Waals surface area contributed by atoms with Crippen molar-refractivity contribution in [2.75, 3.05) is 13.1 Å². The maximum Gasteiger partial charge on any atom is 0.225 e. The molecule has 0 saturated heterocycles. The normalized spacial score (nSPS) is 23.3. The lowest BCUT2D eigenvalue weighted by Crippen LogP contribution is -2.40.